The third kappa shape index (κ3) is 4.07. The van der Waals surface area contributed by atoms with Crippen LogP contribution in [0.2, 0.25) is 0 Å². The molecule has 5 aromatic carbocycles. The van der Waals surface area contributed by atoms with Gasteiger partial charge >= 0.3 is 0 Å². The van der Waals surface area contributed by atoms with E-state index in [0.717, 1.165) is 56.2 Å². The lowest BCUT2D eigenvalue weighted by molar-refractivity contribution is 0.414. The highest BCUT2D eigenvalue weighted by Crippen LogP contribution is 2.38. The van der Waals surface area contributed by atoms with Crippen LogP contribution in [-0.2, 0) is 0 Å². The summed E-state index contributed by atoms with van der Waals surface area (Å²) < 4.78 is 18.7. The minimum Gasteiger partial charge on any atom is -0.497 e. The van der Waals surface area contributed by atoms with Crippen molar-refractivity contribution in [2.45, 2.75) is 0 Å². The summed E-state index contributed by atoms with van der Waals surface area (Å²) >= 11 is 0. The van der Waals surface area contributed by atoms with Gasteiger partial charge in [-0.25, -0.2) is 0 Å². The molecule has 0 unspecified atom stereocenters. The molecule has 0 amide bonds. The van der Waals surface area contributed by atoms with Gasteiger partial charge in [-0.3, -0.25) is 0 Å². The summed E-state index contributed by atoms with van der Waals surface area (Å²) in [6.07, 6.45) is 0. The topological polar surface area (TPSA) is 32.6 Å². The molecule has 4 nitrogen and oxygen atoms in total. The molecule has 4 heteroatoms. The summed E-state index contributed by atoms with van der Waals surface area (Å²) in [5, 5.41) is 2.38. The molecule has 182 valence electrons. The Morgan fingerprint density at radius 3 is 1.35 bits per heavy atom. The van der Waals surface area contributed by atoms with Gasteiger partial charge in [0.1, 0.15) is 17.2 Å². The Labute approximate surface area is 216 Å². The second kappa shape index (κ2) is 9.40. The van der Waals surface area contributed by atoms with E-state index in [1.165, 1.54) is 10.8 Å². The molecule has 0 radical (unpaired) electrons. The maximum absolute atomic E-state index is 5.47. The zero-order chi connectivity index (χ0) is 25.4. The second-order valence-electron chi connectivity index (χ2n) is 8.96. The van der Waals surface area contributed by atoms with E-state index in [-0.39, 0.29) is 0 Å². The SMILES string of the molecule is COc1ccc(-n2c3ccc(-c4cccc(OC)c4)cc3c3cc(-c4cccc(OC)c4)ccc32)cc1. The number of hydrogen-bond donors (Lipinski definition) is 0. The average molecular weight is 486 g/mol. The van der Waals surface area contributed by atoms with Gasteiger partial charge in [0.2, 0.25) is 0 Å². The Morgan fingerprint density at radius 1 is 0.432 bits per heavy atom. The van der Waals surface area contributed by atoms with Crippen molar-refractivity contribution in [1.82, 2.24) is 4.57 Å². The van der Waals surface area contributed by atoms with Gasteiger partial charge in [-0.05, 0) is 95.1 Å². The predicted octanol–water partition coefficient (Wildman–Crippen LogP) is 8.14. The lowest BCUT2D eigenvalue weighted by Gasteiger charge is -2.10. The molecule has 6 aromatic rings. The summed E-state index contributed by atoms with van der Waals surface area (Å²) in [5.41, 5.74) is 7.92. The zero-order valence-corrected chi connectivity index (χ0v) is 21.1. The fraction of sp³-hybridized carbons (Fsp3) is 0.0909. The molecular formula is C33H27NO3. The van der Waals surface area contributed by atoms with Gasteiger partial charge in [-0.2, -0.15) is 0 Å². The van der Waals surface area contributed by atoms with Gasteiger partial charge in [0.25, 0.3) is 0 Å². The van der Waals surface area contributed by atoms with Crippen LogP contribution >= 0.6 is 0 Å². The van der Waals surface area contributed by atoms with Crippen molar-refractivity contribution in [2.75, 3.05) is 21.3 Å². The lowest BCUT2D eigenvalue weighted by atomic mass is 10.00. The molecule has 0 N–H and O–H groups in total. The first kappa shape index (κ1) is 22.7. The van der Waals surface area contributed by atoms with E-state index in [2.05, 4.69) is 77.4 Å². The third-order valence-electron chi connectivity index (χ3n) is 6.90. The molecule has 6 rings (SSSR count). The van der Waals surface area contributed by atoms with Gasteiger partial charge in [0.05, 0.1) is 32.4 Å². The number of fused-ring (bicyclic) bond motifs is 3. The molecule has 1 heterocycles. The van der Waals surface area contributed by atoms with Crippen LogP contribution in [0, 0.1) is 0 Å². The Balaban J connectivity index is 1.61. The van der Waals surface area contributed by atoms with E-state index in [9.17, 15) is 0 Å². The fourth-order valence-electron chi connectivity index (χ4n) is 5.00. The highest BCUT2D eigenvalue weighted by Gasteiger charge is 2.15. The Morgan fingerprint density at radius 2 is 0.892 bits per heavy atom. The van der Waals surface area contributed by atoms with E-state index in [1.807, 2.05) is 36.4 Å². The van der Waals surface area contributed by atoms with Crippen LogP contribution in [-0.4, -0.2) is 25.9 Å². The van der Waals surface area contributed by atoms with Crippen LogP contribution in [0.5, 0.6) is 17.2 Å². The molecule has 0 saturated heterocycles. The molecule has 0 fully saturated rings. The maximum Gasteiger partial charge on any atom is 0.119 e. The monoisotopic (exact) mass is 485 g/mol. The highest BCUT2D eigenvalue weighted by molar-refractivity contribution is 6.11. The minimum atomic E-state index is 0.838. The molecule has 0 aliphatic heterocycles. The number of aromatic nitrogens is 1. The van der Waals surface area contributed by atoms with Crippen LogP contribution in [0.1, 0.15) is 0 Å². The molecule has 37 heavy (non-hydrogen) atoms. The van der Waals surface area contributed by atoms with Crippen molar-refractivity contribution >= 4 is 21.8 Å². The fourth-order valence-corrected chi connectivity index (χ4v) is 5.00. The van der Waals surface area contributed by atoms with Crippen molar-refractivity contribution in [1.29, 1.82) is 0 Å². The van der Waals surface area contributed by atoms with Crippen molar-refractivity contribution in [2.24, 2.45) is 0 Å². The lowest BCUT2D eigenvalue weighted by Crippen LogP contribution is -1.94. The smallest absolute Gasteiger partial charge is 0.119 e. The van der Waals surface area contributed by atoms with Crippen molar-refractivity contribution in [3.05, 3.63) is 109 Å². The summed E-state index contributed by atoms with van der Waals surface area (Å²) in [4.78, 5) is 0. The predicted molar refractivity (Wildman–Crippen MR) is 151 cm³/mol. The Hall–Kier alpha value is -4.70. The van der Waals surface area contributed by atoms with Crippen LogP contribution in [0.15, 0.2) is 109 Å². The van der Waals surface area contributed by atoms with Gasteiger partial charge in [0.15, 0.2) is 0 Å². The Kier molecular flexibility index (Phi) is 5.78. The maximum atomic E-state index is 5.47. The summed E-state index contributed by atoms with van der Waals surface area (Å²) in [5.74, 6) is 2.53. The van der Waals surface area contributed by atoms with Crippen molar-refractivity contribution < 1.29 is 14.2 Å². The molecule has 0 aliphatic carbocycles. The number of rotatable bonds is 6. The third-order valence-corrected chi connectivity index (χ3v) is 6.90. The molecule has 1 aromatic heterocycles. The summed E-state index contributed by atoms with van der Waals surface area (Å²) in [6, 6.07) is 37.9. The largest absolute Gasteiger partial charge is 0.497 e. The number of hydrogen-bond acceptors (Lipinski definition) is 3. The highest BCUT2D eigenvalue weighted by atomic mass is 16.5. The number of nitrogens with zero attached hydrogens (tertiary/aromatic N) is 1. The van der Waals surface area contributed by atoms with Crippen LogP contribution in [0.3, 0.4) is 0 Å². The van der Waals surface area contributed by atoms with Crippen molar-refractivity contribution in [3.8, 4) is 45.2 Å². The van der Waals surface area contributed by atoms with E-state index >= 15 is 0 Å². The first-order valence-electron chi connectivity index (χ1n) is 12.2. The molecule has 0 spiro atoms. The first-order chi connectivity index (χ1) is 18.2. The molecule has 0 bridgehead atoms. The van der Waals surface area contributed by atoms with Crippen LogP contribution in [0.25, 0.3) is 49.7 Å². The Bertz CT molecular complexity index is 1630. The zero-order valence-electron chi connectivity index (χ0n) is 21.1. The molecular weight excluding hydrogens is 458 g/mol. The van der Waals surface area contributed by atoms with E-state index in [4.69, 9.17) is 14.2 Å². The van der Waals surface area contributed by atoms with Gasteiger partial charge in [0, 0.05) is 16.5 Å². The second-order valence-corrected chi connectivity index (χ2v) is 8.96. The van der Waals surface area contributed by atoms with Gasteiger partial charge in [-0.15, -0.1) is 0 Å². The summed E-state index contributed by atoms with van der Waals surface area (Å²) in [6.45, 7) is 0. The minimum absolute atomic E-state index is 0.838. The van der Waals surface area contributed by atoms with Gasteiger partial charge < -0.3 is 18.8 Å². The quantitative estimate of drug-likeness (QED) is 0.239. The summed E-state index contributed by atoms with van der Waals surface area (Å²) in [7, 11) is 5.09. The van der Waals surface area contributed by atoms with Gasteiger partial charge in [-0.1, -0.05) is 36.4 Å². The standard InChI is InChI=1S/C33H27NO3/c1-35-27-14-12-26(13-15-27)34-32-16-10-24(22-6-4-8-28(18-22)36-2)20-30(32)31-21-25(11-17-33(31)34)23-7-5-9-29(19-23)37-3/h4-21H,1-3H3. The first-order valence-corrected chi connectivity index (χ1v) is 12.2. The van der Waals surface area contributed by atoms with E-state index < -0.39 is 0 Å². The van der Waals surface area contributed by atoms with E-state index in [0.29, 0.717) is 0 Å². The van der Waals surface area contributed by atoms with Crippen molar-refractivity contribution in [3.63, 3.8) is 0 Å². The molecule has 0 aliphatic rings. The average Bonchev–Trinajstić information content (AvgIpc) is 3.30. The van der Waals surface area contributed by atoms with E-state index in [1.54, 1.807) is 21.3 Å². The molecule has 0 atom stereocenters. The number of ether oxygens (including phenoxy) is 3. The number of methoxy groups -OCH3 is 3. The van der Waals surface area contributed by atoms with Crippen LogP contribution < -0.4 is 14.2 Å². The number of benzene rings is 5. The molecule has 0 saturated carbocycles. The van der Waals surface area contributed by atoms with Crippen LogP contribution in [0.4, 0.5) is 0 Å². The normalized spacial score (nSPS) is 11.1.